The molecule has 1 aromatic rings. The molecule has 0 amide bonds. The average Bonchev–Trinajstić information content (AvgIpc) is 2.20. The van der Waals surface area contributed by atoms with Crippen LogP contribution in [0.25, 0.3) is 0 Å². The van der Waals surface area contributed by atoms with Gasteiger partial charge in [0.1, 0.15) is 5.75 Å². The normalized spacial score (nSPS) is 10.2. The van der Waals surface area contributed by atoms with Gasteiger partial charge in [0.15, 0.2) is 0 Å². The van der Waals surface area contributed by atoms with Crippen molar-refractivity contribution in [1.29, 1.82) is 0 Å². The van der Waals surface area contributed by atoms with Gasteiger partial charge in [-0.05, 0) is 12.1 Å². The van der Waals surface area contributed by atoms with Crippen LogP contribution in [0, 0.1) is 0 Å². The first-order chi connectivity index (χ1) is 6.52. The van der Waals surface area contributed by atoms with E-state index in [1.807, 2.05) is 6.07 Å². The first-order valence-corrected chi connectivity index (χ1v) is 5.37. The largest absolute Gasteiger partial charge is 0.508 e. The summed E-state index contributed by atoms with van der Waals surface area (Å²) in [5.41, 5.74) is 4.83. The van der Waals surface area contributed by atoms with Gasteiger partial charge in [-0.25, -0.2) is 10.1 Å². The zero-order valence-corrected chi connectivity index (χ0v) is 8.98. The van der Waals surface area contributed by atoms with Crippen LogP contribution in [0.5, 0.6) is 5.75 Å². The summed E-state index contributed by atoms with van der Waals surface area (Å²) in [5.74, 6) is 0.322. The summed E-state index contributed by atoms with van der Waals surface area (Å²) in [4.78, 5) is 0. The fraction of sp³-hybridized carbons (Fsp3) is 0.250. The Morgan fingerprint density at radius 3 is 1.79 bits per heavy atom. The molecule has 0 aliphatic rings. The van der Waals surface area contributed by atoms with Crippen molar-refractivity contribution in [3.8, 4) is 5.75 Å². The van der Waals surface area contributed by atoms with E-state index in [4.69, 9.17) is 10.6 Å². The van der Waals surface area contributed by atoms with Crippen molar-refractivity contribution in [3.05, 3.63) is 30.3 Å². The Morgan fingerprint density at radius 2 is 1.64 bits per heavy atom. The SMILES string of the molecule is COP(N)(=O)OC.Oc1ccccc1. The van der Waals surface area contributed by atoms with Gasteiger partial charge in [0, 0.05) is 14.2 Å². The van der Waals surface area contributed by atoms with E-state index in [-0.39, 0.29) is 0 Å². The maximum Gasteiger partial charge on any atom is 0.402 e. The molecule has 0 spiro atoms. The maximum atomic E-state index is 10.3. The molecule has 5 nitrogen and oxygen atoms in total. The summed E-state index contributed by atoms with van der Waals surface area (Å²) in [6.45, 7) is 0. The van der Waals surface area contributed by atoms with E-state index in [1.54, 1.807) is 24.3 Å². The molecule has 0 saturated heterocycles. The van der Waals surface area contributed by atoms with Gasteiger partial charge in [-0.3, -0.25) is 0 Å². The van der Waals surface area contributed by atoms with E-state index in [2.05, 4.69) is 9.05 Å². The van der Waals surface area contributed by atoms with Crippen LogP contribution in [0.2, 0.25) is 0 Å². The van der Waals surface area contributed by atoms with Crippen LogP contribution in [0.1, 0.15) is 0 Å². The van der Waals surface area contributed by atoms with Crippen molar-refractivity contribution in [2.24, 2.45) is 5.50 Å². The number of phenols is 1. The summed E-state index contributed by atoms with van der Waals surface area (Å²) in [6, 6.07) is 8.71. The summed E-state index contributed by atoms with van der Waals surface area (Å²) < 4.78 is 18.7. The van der Waals surface area contributed by atoms with E-state index < -0.39 is 7.75 Å². The summed E-state index contributed by atoms with van der Waals surface area (Å²) in [6.07, 6.45) is 0. The Kier molecular flexibility index (Phi) is 6.16. The molecule has 80 valence electrons. The van der Waals surface area contributed by atoms with Crippen molar-refractivity contribution in [2.75, 3.05) is 14.2 Å². The molecule has 6 heteroatoms. The third-order valence-electron chi connectivity index (χ3n) is 1.27. The molecule has 0 saturated carbocycles. The molecule has 14 heavy (non-hydrogen) atoms. The van der Waals surface area contributed by atoms with Crippen LogP contribution in [-0.2, 0) is 13.6 Å². The number of benzene rings is 1. The number of nitrogens with two attached hydrogens (primary N) is 1. The minimum Gasteiger partial charge on any atom is -0.508 e. The van der Waals surface area contributed by atoms with E-state index in [0.717, 1.165) is 0 Å². The first kappa shape index (κ1) is 13.1. The van der Waals surface area contributed by atoms with Gasteiger partial charge in [-0.1, -0.05) is 18.2 Å². The minimum absolute atomic E-state index is 0.322. The van der Waals surface area contributed by atoms with Crippen molar-refractivity contribution in [1.82, 2.24) is 0 Å². The average molecular weight is 219 g/mol. The molecule has 0 aliphatic heterocycles. The second kappa shape index (κ2) is 6.56. The van der Waals surface area contributed by atoms with Crippen LogP contribution in [0.4, 0.5) is 0 Å². The zero-order valence-electron chi connectivity index (χ0n) is 8.08. The first-order valence-electron chi connectivity index (χ1n) is 3.76. The lowest BCUT2D eigenvalue weighted by atomic mass is 10.3. The summed E-state index contributed by atoms with van der Waals surface area (Å²) in [7, 11) is -0.701. The standard InChI is InChI=1S/C6H6O.C2H8NO3P/c7-6-4-2-1-3-5-6;1-5-7(3,4)6-2/h1-5,7H;1-2H3,(H2,3,4). The van der Waals surface area contributed by atoms with Gasteiger partial charge in [-0.15, -0.1) is 0 Å². The molecule has 0 atom stereocenters. The molecule has 1 rings (SSSR count). The Balaban J connectivity index is 0.000000241. The van der Waals surface area contributed by atoms with Crippen LogP contribution < -0.4 is 5.50 Å². The van der Waals surface area contributed by atoms with E-state index in [1.165, 1.54) is 14.2 Å². The van der Waals surface area contributed by atoms with Gasteiger partial charge < -0.3 is 14.2 Å². The van der Waals surface area contributed by atoms with Crippen molar-refractivity contribution < 1.29 is 18.7 Å². The lowest BCUT2D eigenvalue weighted by Crippen LogP contribution is -1.97. The molecule has 0 aromatic heterocycles. The van der Waals surface area contributed by atoms with Crippen molar-refractivity contribution >= 4 is 7.75 Å². The summed E-state index contributed by atoms with van der Waals surface area (Å²) >= 11 is 0. The predicted octanol–water partition coefficient (Wildman–Crippen LogP) is 1.74. The Labute approximate surface area is 83.0 Å². The second-order valence-corrected chi connectivity index (χ2v) is 4.05. The van der Waals surface area contributed by atoms with Crippen LogP contribution in [0.15, 0.2) is 30.3 Å². The van der Waals surface area contributed by atoms with E-state index >= 15 is 0 Å². The van der Waals surface area contributed by atoms with E-state index in [9.17, 15) is 4.57 Å². The Morgan fingerprint density at radius 1 is 1.21 bits per heavy atom. The lowest BCUT2D eigenvalue weighted by Gasteiger charge is -2.03. The molecular weight excluding hydrogens is 205 g/mol. The molecule has 0 fully saturated rings. The van der Waals surface area contributed by atoms with Crippen LogP contribution in [0.3, 0.4) is 0 Å². The van der Waals surface area contributed by atoms with Gasteiger partial charge in [0.2, 0.25) is 0 Å². The quantitative estimate of drug-likeness (QED) is 0.740. The smallest absolute Gasteiger partial charge is 0.402 e. The third kappa shape index (κ3) is 6.62. The highest BCUT2D eigenvalue weighted by Gasteiger charge is 2.10. The van der Waals surface area contributed by atoms with E-state index in [0.29, 0.717) is 5.75 Å². The monoisotopic (exact) mass is 219 g/mol. The fourth-order valence-electron chi connectivity index (χ4n) is 0.503. The third-order valence-corrected chi connectivity index (χ3v) is 2.28. The number of hydrogen-bond donors (Lipinski definition) is 2. The lowest BCUT2D eigenvalue weighted by molar-refractivity contribution is 0.277. The second-order valence-electron chi connectivity index (χ2n) is 2.24. The molecule has 0 aliphatic carbocycles. The Bertz CT molecular complexity index is 283. The molecule has 0 heterocycles. The molecule has 3 N–H and O–H groups in total. The Hall–Kier alpha value is -0.870. The number of hydrogen-bond acceptors (Lipinski definition) is 4. The van der Waals surface area contributed by atoms with Crippen molar-refractivity contribution in [3.63, 3.8) is 0 Å². The van der Waals surface area contributed by atoms with Crippen molar-refractivity contribution in [2.45, 2.75) is 0 Å². The maximum absolute atomic E-state index is 10.3. The van der Waals surface area contributed by atoms with Gasteiger partial charge in [-0.2, -0.15) is 0 Å². The summed E-state index contributed by atoms with van der Waals surface area (Å²) in [5, 5.41) is 8.63. The molecule has 0 bridgehead atoms. The molecule has 0 unspecified atom stereocenters. The minimum atomic E-state index is -3.15. The van der Waals surface area contributed by atoms with Gasteiger partial charge >= 0.3 is 7.75 Å². The number of aromatic hydroxyl groups is 1. The number of para-hydroxylation sites is 1. The molecule has 1 aromatic carbocycles. The van der Waals surface area contributed by atoms with Crippen LogP contribution >= 0.6 is 7.75 Å². The zero-order chi connectivity index (χ0) is 11.0. The van der Waals surface area contributed by atoms with Crippen LogP contribution in [-0.4, -0.2) is 19.3 Å². The molecular formula is C8H14NO4P. The van der Waals surface area contributed by atoms with Gasteiger partial charge in [0.25, 0.3) is 0 Å². The highest BCUT2D eigenvalue weighted by molar-refractivity contribution is 7.51. The van der Waals surface area contributed by atoms with Gasteiger partial charge in [0.05, 0.1) is 0 Å². The topological polar surface area (TPSA) is 81.8 Å². The fourth-order valence-corrected chi connectivity index (χ4v) is 0.652. The highest BCUT2D eigenvalue weighted by atomic mass is 31.2. The number of phenolic OH excluding ortho intramolecular Hbond substituents is 1. The highest BCUT2D eigenvalue weighted by Crippen LogP contribution is 2.35. The predicted molar refractivity (Wildman–Crippen MR) is 53.9 cm³/mol. The number of rotatable bonds is 2. The molecule has 0 radical (unpaired) electrons.